The molecule has 2 aliphatic carbocycles. The summed E-state index contributed by atoms with van der Waals surface area (Å²) in [5.74, 6) is -0.132. The van der Waals surface area contributed by atoms with Crippen LogP contribution in [0.2, 0.25) is 0 Å². The smallest absolute Gasteiger partial charge is 0.327 e. The molecule has 1 saturated heterocycles. The second kappa shape index (κ2) is 7.11. The number of urea groups is 1. The van der Waals surface area contributed by atoms with Crippen LogP contribution in [0.5, 0.6) is 0 Å². The van der Waals surface area contributed by atoms with Gasteiger partial charge >= 0.3 is 6.03 Å². The number of hydrogen-bond acceptors (Lipinski definition) is 4. The van der Waals surface area contributed by atoms with E-state index in [0.29, 0.717) is 25.3 Å². The molecule has 7 nitrogen and oxygen atoms in total. The molecule has 3 aliphatic rings. The first-order valence-corrected chi connectivity index (χ1v) is 8.95. The van der Waals surface area contributed by atoms with Crippen LogP contribution in [-0.2, 0) is 9.59 Å². The minimum absolute atomic E-state index is 0. The van der Waals surface area contributed by atoms with Gasteiger partial charge in [0.2, 0.25) is 5.91 Å². The van der Waals surface area contributed by atoms with Crippen LogP contribution in [0.1, 0.15) is 51.9 Å². The van der Waals surface area contributed by atoms with Crippen LogP contribution in [0.3, 0.4) is 0 Å². The summed E-state index contributed by atoms with van der Waals surface area (Å²) in [4.78, 5) is 40.5. The van der Waals surface area contributed by atoms with Gasteiger partial charge in [-0.1, -0.05) is 19.3 Å². The lowest BCUT2D eigenvalue weighted by Crippen LogP contribution is -2.56. The third kappa shape index (κ3) is 3.36. The average molecular weight is 373 g/mol. The van der Waals surface area contributed by atoms with Crippen molar-refractivity contribution in [3.8, 4) is 0 Å². The maximum Gasteiger partial charge on any atom is 0.327 e. The number of nitrogens with two attached hydrogens (primary N) is 1. The van der Waals surface area contributed by atoms with Gasteiger partial charge in [-0.3, -0.25) is 14.5 Å². The molecule has 3 N–H and O–H groups in total. The Bertz CT molecular complexity index is 560. The fourth-order valence-electron chi connectivity index (χ4n) is 4.21. The summed E-state index contributed by atoms with van der Waals surface area (Å²) in [7, 11) is 1.68. The van der Waals surface area contributed by atoms with Crippen LogP contribution in [0, 0.1) is 5.92 Å². The second-order valence-electron chi connectivity index (χ2n) is 7.77. The number of imide groups is 1. The zero-order valence-corrected chi connectivity index (χ0v) is 15.9. The van der Waals surface area contributed by atoms with Crippen LogP contribution < -0.4 is 11.1 Å². The minimum atomic E-state index is -0.733. The Kier molecular flexibility index (Phi) is 5.68. The van der Waals surface area contributed by atoms with E-state index in [4.69, 9.17) is 5.73 Å². The molecule has 1 spiro atoms. The number of carbonyl (C=O) groups excluding carboxylic acids is 3. The summed E-state index contributed by atoms with van der Waals surface area (Å²) in [6.45, 7) is 2.08. The molecule has 8 heteroatoms. The molecule has 1 unspecified atom stereocenters. The summed E-state index contributed by atoms with van der Waals surface area (Å²) < 4.78 is 0. The summed E-state index contributed by atoms with van der Waals surface area (Å²) in [5, 5.41) is 2.95. The van der Waals surface area contributed by atoms with Crippen molar-refractivity contribution in [2.75, 3.05) is 20.1 Å². The second-order valence-corrected chi connectivity index (χ2v) is 7.77. The van der Waals surface area contributed by atoms with Gasteiger partial charge in [0.15, 0.2) is 0 Å². The molecule has 0 bridgehead atoms. The molecule has 0 radical (unpaired) electrons. The van der Waals surface area contributed by atoms with Gasteiger partial charge in [-0.2, -0.15) is 0 Å². The highest BCUT2D eigenvalue weighted by Gasteiger charge is 2.56. The molecular weight excluding hydrogens is 344 g/mol. The molecule has 0 aromatic rings. The lowest BCUT2D eigenvalue weighted by Gasteiger charge is -2.35. The van der Waals surface area contributed by atoms with Crippen LogP contribution in [0.15, 0.2) is 0 Å². The first kappa shape index (κ1) is 20.0. The van der Waals surface area contributed by atoms with Gasteiger partial charge in [0.05, 0.1) is 5.54 Å². The molecule has 3 fully saturated rings. The zero-order valence-electron chi connectivity index (χ0n) is 15.0. The highest BCUT2D eigenvalue weighted by atomic mass is 35.5. The van der Waals surface area contributed by atoms with Gasteiger partial charge in [0.1, 0.15) is 12.1 Å². The zero-order chi connectivity index (χ0) is 17.5. The maximum absolute atomic E-state index is 12.9. The normalized spacial score (nSPS) is 24.9. The number of rotatable bonds is 5. The van der Waals surface area contributed by atoms with Crippen molar-refractivity contribution in [1.82, 2.24) is 15.1 Å². The first-order valence-electron chi connectivity index (χ1n) is 8.95. The maximum atomic E-state index is 12.9. The van der Waals surface area contributed by atoms with E-state index in [1.165, 1.54) is 0 Å². The Morgan fingerprint density at radius 2 is 1.88 bits per heavy atom. The predicted molar refractivity (Wildman–Crippen MR) is 96.3 cm³/mol. The van der Waals surface area contributed by atoms with E-state index in [9.17, 15) is 14.4 Å². The number of carbonyl (C=O) groups is 3. The molecule has 1 atom stereocenters. The Morgan fingerprint density at radius 3 is 2.40 bits per heavy atom. The Morgan fingerprint density at radius 1 is 1.28 bits per heavy atom. The first-order chi connectivity index (χ1) is 11.3. The molecule has 25 heavy (non-hydrogen) atoms. The van der Waals surface area contributed by atoms with Crippen molar-refractivity contribution >= 4 is 30.3 Å². The van der Waals surface area contributed by atoms with E-state index in [2.05, 4.69) is 5.32 Å². The number of halogens is 1. The summed E-state index contributed by atoms with van der Waals surface area (Å²) in [5.41, 5.74) is 4.64. The molecule has 2 saturated carbocycles. The minimum Gasteiger partial charge on any atom is -0.348 e. The van der Waals surface area contributed by atoms with Crippen LogP contribution in [0.25, 0.3) is 0 Å². The van der Waals surface area contributed by atoms with E-state index >= 15 is 0 Å². The molecule has 1 heterocycles. The Balaban J connectivity index is 0.00000225. The molecule has 0 aromatic heterocycles. The van der Waals surface area contributed by atoms with E-state index in [1.807, 2.05) is 6.92 Å². The highest BCUT2D eigenvalue weighted by molar-refractivity contribution is 6.09. The van der Waals surface area contributed by atoms with Crippen molar-refractivity contribution in [3.63, 3.8) is 0 Å². The lowest BCUT2D eigenvalue weighted by molar-refractivity contribution is -0.137. The number of nitrogens with one attached hydrogen (secondary N) is 1. The molecule has 3 rings (SSSR count). The number of hydrogen-bond donors (Lipinski definition) is 2. The van der Waals surface area contributed by atoms with Gasteiger partial charge in [0.25, 0.3) is 5.91 Å². The summed E-state index contributed by atoms with van der Waals surface area (Å²) in [6.07, 6.45) is 6.47. The lowest BCUT2D eigenvalue weighted by atomic mass is 9.81. The van der Waals surface area contributed by atoms with Crippen molar-refractivity contribution in [2.45, 2.75) is 62.9 Å². The third-order valence-corrected chi connectivity index (χ3v) is 6.11. The molecular formula is C17H29ClN4O3. The van der Waals surface area contributed by atoms with Crippen molar-refractivity contribution in [3.05, 3.63) is 0 Å². The Labute approximate surface area is 155 Å². The van der Waals surface area contributed by atoms with Gasteiger partial charge in [-0.15, -0.1) is 12.4 Å². The molecule has 4 amide bonds. The van der Waals surface area contributed by atoms with E-state index in [0.717, 1.165) is 37.0 Å². The largest absolute Gasteiger partial charge is 0.348 e. The molecule has 142 valence electrons. The van der Waals surface area contributed by atoms with Crippen LogP contribution >= 0.6 is 12.4 Å². The third-order valence-electron chi connectivity index (χ3n) is 6.11. The highest BCUT2D eigenvalue weighted by Crippen LogP contribution is 2.40. The van der Waals surface area contributed by atoms with Crippen LogP contribution in [-0.4, -0.2) is 58.9 Å². The Hall–Kier alpha value is -1.34. The average Bonchev–Trinajstić information content (AvgIpc) is 3.41. The quantitative estimate of drug-likeness (QED) is 0.710. The number of nitrogens with zero attached hydrogens (tertiary/aromatic N) is 2. The standard InChI is InChI=1S/C17H28N4O3.ClH/c1-16(11-18,12-6-7-12)19-13(22)10-21-14(23)17(20(2)15(21)24)8-4-3-5-9-17;/h12H,3-11,18H2,1-2H3,(H,19,22);1H. The van der Waals surface area contributed by atoms with Crippen molar-refractivity contribution in [1.29, 1.82) is 0 Å². The van der Waals surface area contributed by atoms with Gasteiger partial charge in [-0.05, 0) is 38.5 Å². The van der Waals surface area contributed by atoms with E-state index < -0.39 is 11.1 Å². The molecule has 0 aromatic carbocycles. The SMILES string of the molecule is CN1C(=O)N(CC(=O)NC(C)(CN)C2CC2)C(=O)C12CCCCC2.Cl. The topological polar surface area (TPSA) is 95.7 Å². The van der Waals surface area contributed by atoms with Crippen molar-refractivity contribution < 1.29 is 14.4 Å². The summed E-state index contributed by atoms with van der Waals surface area (Å²) >= 11 is 0. The fraction of sp³-hybridized carbons (Fsp3) is 0.824. The van der Waals surface area contributed by atoms with Crippen LogP contribution in [0.4, 0.5) is 4.79 Å². The fourth-order valence-corrected chi connectivity index (χ4v) is 4.21. The molecule has 1 aliphatic heterocycles. The van der Waals surface area contributed by atoms with Gasteiger partial charge < -0.3 is 16.0 Å². The predicted octanol–water partition coefficient (Wildman–Crippen LogP) is 1.25. The van der Waals surface area contributed by atoms with E-state index in [1.54, 1.807) is 11.9 Å². The van der Waals surface area contributed by atoms with Gasteiger partial charge in [-0.25, -0.2) is 4.79 Å². The number of amides is 4. The van der Waals surface area contributed by atoms with Gasteiger partial charge in [0, 0.05) is 13.6 Å². The summed E-state index contributed by atoms with van der Waals surface area (Å²) in [6, 6.07) is -0.363. The van der Waals surface area contributed by atoms with E-state index in [-0.39, 0.29) is 36.8 Å². The van der Waals surface area contributed by atoms with Crippen molar-refractivity contribution in [2.24, 2.45) is 11.7 Å². The number of likely N-dealkylation sites (N-methyl/N-ethyl adjacent to an activating group) is 1. The monoisotopic (exact) mass is 372 g/mol.